The standard InChI is InChI=1S/C15H12Cl2O2S/c1-10(15(18)11-5-3-2-4-6-11)20(19)12-7-8-13(16)14(17)9-12/h2-10H,1H3. The van der Waals surface area contributed by atoms with Gasteiger partial charge in [-0.3, -0.25) is 9.00 Å². The molecule has 104 valence electrons. The van der Waals surface area contributed by atoms with E-state index in [2.05, 4.69) is 0 Å². The third kappa shape index (κ3) is 3.29. The van der Waals surface area contributed by atoms with Gasteiger partial charge >= 0.3 is 0 Å². The first-order valence-corrected chi connectivity index (χ1v) is 7.92. The first-order valence-electron chi connectivity index (χ1n) is 5.95. The SMILES string of the molecule is CC(C(=O)c1ccccc1)S(=O)c1ccc(Cl)c(Cl)c1. The molecule has 2 nitrogen and oxygen atoms in total. The van der Waals surface area contributed by atoms with E-state index in [1.54, 1.807) is 43.3 Å². The molecule has 2 rings (SSSR count). The van der Waals surface area contributed by atoms with Crippen LogP contribution in [-0.2, 0) is 10.8 Å². The van der Waals surface area contributed by atoms with Crippen molar-refractivity contribution in [1.29, 1.82) is 0 Å². The lowest BCUT2D eigenvalue weighted by molar-refractivity contribution is 0.0992. The zero-order valence-electron chi connectivity index (χ0n) is 10.7. The van der Waals surface area contributed by atoms with E-state index in [1.165, 1.54) is 6.07 Å². The van der Waals surface area contributed by atoms with E-state index >= 15 is 0 Å². The Hall–Kier alpha value is -1.16. The van der Waals surface area contributed by atoms with Gasteiger partial charge in [-0.15, -0.1) is 0 Å². The Balaban J connectivity index is 2.24. The molecule has 0 aromatic heterocycles. The minimum Gasteiger partial charge on any atom is -0.293 e. The van der Waals surface area contributed by atoms with E-state index in [0.29, 0.717) is 20.5 Å². The molecular formula is C15H12Cl2O2S. The minimum absolute atomic E-state index is 0.157. The number of hydrogen-bond acceptors (Lipinski definition) is 2. The van der Waals surface area contributed by atoms with E-state index < -0.39 is 16.0 Å². The van der Waals surface area contributed by atoms with Gasteiger partial charge in [0.25, 0.3) is 0 Å². The molecule has 2 aromatic carbocycles. The van der Waals surface area contributed by atoms with Crippen LogP contribution >= 0.6 is 23.2 Å². The summed E-state index contributed by atoms with van der Waals surface area (Å²) in [5.74, 6) is -0.157. The van der Waals surface area contributed by atoms with Crippen LogP contribution in [0, 0.1) is 0 Å². The van der Waals surface area contributed by atoms with Crippen LogP contribution in [0.4, 0.5) is 0 Å². The number of carbonyl (C=O) groups excluding carboxylic acids is 1. The Morgan fingerprint density at radius 1 is 1.05 bits per heavy atom. The number of ketones is 1. The predicted octanol–water partition coefficient (Wildman–Crippen LogP) is 4.37. The van der Waals surface area contributed by atoms with Gasteiger partial charge in [-0.1, -0.05) is 53.5 Å². The van der Waals surface area contributed by atoms with Crippen LogP contribution in [0.1, 0.15) is 17.3 Å². The second kappa shape index (κ2) is 6.53. The van der Waals surface area contributed by atoms with E-state index in [9.17, 15) is 9.00 Å². The van der Waals surface area contributed by atoms with Crippen LogP contribution < -0.4 is 0 Å². The summed E-state index contributed by atoms with van der Waals surface area (Å²) in [7, 11) is -1.47. The molecule has 0 saturated carbocycles. The largest absolute Gasteiger partial charge is 0.293 e. The lowest BCUT2D eigenvalue weighted by Gasteiger charge is -2.11. The minimum atomic E-state index is -1.47. The molecule has 0 N–H and O–H groups in total. The normalized spacial score (nSPS) is 13.8. The van der Waals surface area contributed by atoms with Crippen molar-refractivity contribution in [1.82, 2.24) is 0 Å². The van der Waals surface area contributed by atoms with Gasteiger partial charge < -0.3 is 0 Å². The first kappa shape index (κ1) is 15.2. The number of rotatable bonds is 4. The van der Waals surface area contributed by atoms with E-state index in [0.717, 1.165) is 0 Å². The fourth-order valence-electron chi connectivity index (χ4n) is 1.74. The maximum atomic E-state index is 12.4. The smallest absolute Gasteiger partial charge is 0.178 e. The van der Waals surface area contributed by atoms with Gasteiger partial charge in [0.05, 0.1) is 26.1 Å². The van der Waals surface area contributed by atoms with Gasteiger partial charge in [-0.2, -0.15) is 0 Å². The zero-order chi connectivity index (χ0) is 14.7. The van der Waals surface area contributed by atoms with Crippen LogP contribution in [0.2, 0.25) is 10.0 Å². The highest BCUT2D eigenvalue weighted by molar-refractivity contribution is 7.86. The lowest BCUT2D eigenvalue weighted by atomic mass is 10.1. The fourth-order valence-corrected chi connectivity index (χ4v) is 3.28. The quantitative estimate of drug-likeness (QED) is 0.781. The topological polar surface area (TPSA) is 34.1 Å². The van der Waals surface area contributed by atoms with Crippen molar-refractivity contribution >= 4 is 39.8 Å². The van der Waals surface area contributed by atoms with Crippen molar-refractivity contribution in [3.63, 3.8) is 0 Å². The Morgan fingerprint density at radius 3 is 2.30 bits per heavy atom. The number of hydrogen-bond donors (Lipinski definition) is 0. The first-order chi connectivity index (χ1) is 9.50. The third-order valence-electron chi connectivity index (χ3n) is 2.87. The van der Waals surface area contributed by atoms with E-state index in [1.807, 2.05) is 6.07 Å². The molecule has 0 aliphatic heterocycles. The highest BCUT2D eigenvalue weighted by Gasteiger charge is 2.23. The number of carbonyl (C=O) groups is 1. The summed E-state index contributed by atoms with van der Waals surface area (Å²) in [5, 5.41) is 0.0842. The molecule has 0 saturated heterocycles. The molecule has 0 bridgehead atoms. The summed E-state index contributed by atoms with van der Waals surface area (Å²) in [6.45, 7) is 1.65. The molecule has 0 aliphatic carbocycles. The molecule has 0 fully saturated rings. The van der Waals surface area contributed by atoms with Crippen molar-refractivity contribution in [3.05, 3.63) is 64.1 Å². The molecule has 2 unspecified atom stereocenters. The van der Waals surface area contributed by atoms with Gasteiger partial charge in [0.1, 0.15) is 0 Å². The summed E-state index contributed by atoms with van der Waals surface area (Å²) >= 11 is 11.7. The molecule has 2 aromatic rings. The Kier molecular flexibility index (Phi) is 4.97. The Labute approximate surface area is 130 Å². The summed E-state index contributed by atoms with van der Waals surface area (Å²) in [6.07, 6.45) is 0. The average molecular weight is 327 g/mol. The maximum absolute atomic E-state index is 12.4. The Morgan fingerprint density at radius 2 is 1.70 bits per heavy atom. The second-order valence-electron chi connectivity index (χ2n) is 4.25. The van der Waals surface area contributed by atoms with Gasteiger partial charge in [-0.05, 0) is 25.1 Å². The summed E-state index contributed by atoms with van der Waals surface area (Å²) in [5.41, 5.74) is 0.549. The molecule has 0 spiro atoms. The van der Waals surface area contributed by atoms with Gasteiger partial charge in [-0.25, -0.2) is 0 Å². The molecule has 0 heterocycles. The molecule has 20 heavy (non-hydrogen) atoms. The number of benzene rings is 2. The van der Waals surface area contributed by atoms with Crippen LogP contribution in [0.5, 0.6) is 0 Å². The predicted molar refractivity (Wildman–Crippen MR) is 83.1 cm³/mol. The summed E-state index contributed by atoms with van der Waals surface area (Å²) < 4.78 is 12.4. The van der Waals surface area contributed by atoms with Gasteiger partial charge in [0, 0.05) is 10.5 Å². The highest BCUT2D eigenvalue weighted by atomic mass is 35.5. The van der Waals surface area contributed by atoms with Crippen molar-refractivity contribution in [2.45, 2.75) is 17.1 Å². The molecule has 2 atom stereocenters. The van der Waals surface area contributed by atoms with E-state index in [-0.39, 0.29) is 5.78 Å². The van der Waals surface area contributed by atoms with E-state index in [4.69, 9.17) is 23.2 Å². The second-order valence-corrected chi connectivity index (χ2v) is 6.83. The highest BCUT2D eigenvalue weighted by Crippen LogP contribution is 2.25. The third-order valence-corrected chi connectivity index (χ3v) is 5.19. The molecule has 0 aliphatic rings. The molecule has 0 radical (unpaired) electrons. The van der Waals surface area contributed by atoms with Crippen molar-refractivity contribution < 1.29 is 9.00 Å². The van der Waals surface area contributed by atoms with Crippen LogP contribution in [-0.4, -0.2) is 15.2 Å². The van der Waals surface area contributed by atoms with Gasteiger partial charge in [0.15, 0.2) is 5.78 Å². The summed E-state index contributed by atoms with van der Waals surface area (Å²) in [4.78, 5) is 12.8. The van der Waals surface area contributed by atoms with Crippen LogP contribution in [0.15, 0.2) is 53.4 Å². The van der Waals surface area contributed by atoms with Crippen LogP contribution in [0.3, 0.4) is 0 Å². The van der Waals surface area contributed by atoms with Crippen molar-refractivity contribution in [2.75, 3.05) is 0 Å². The number of Topliss-reactive ketones (excluding diaryl/α,β-unsaturated/α-hetero) is 1. The van der Waals surface area contributed by atoms with Crippen LogP contribution in [0.25, 0.3) is 0 Å². The zero-order valence-corrected chi connectivity index (χ0v) is 13.0. The monoisotopic (exact) mass is 326 g/mol. The molecule has 0 amide bonds. The lowest BCUT2D eigenvalue weighted by Crippen LogP contribution is -2.22. The van der Waals surface area contributed by atoms with Crippen molar-refractivity contribution in [3.8, 4) is 0 Å². The summed E-state index contributed by atoms with van der Waals surface area (Å²) in [6, 6.07) is 13.6. The maximum Gasteiger partial charge on any atom is 0.178 e. The average Bonchev–Trinajstić information content (AvgIpc) is 2.48. The molecular weight excluding hydrogens is 315 g/mol. The van der Waals surface area contributed by atoms with Gasteiger partial charge in [0.2, 0.25) is 0 Å². The number of halogens is 2. The molecule has 5 heteroatoms. The van der Waals surface area contributed by atoms with Crippen molar-refractivity contribution in [2.24, 2.45) is 0 Å². The fraction of sp³-hybridized carbons (Fsp3) is 0.133. The Bertz CT molecular complexity index is 656.